The first-order valence-electron chi connectivity index (χ1n) is 2.87. The first-order chi connectivity index (χ1) is 5.73. The third-order valence-electron chi connectivity index (χ3n) is 1.14. The van der Waals surface area contributed by atoms with Crippen molar-refractivity contribution in [1.82, 2.24) is 9.78 Å². The van der Waals surface area contributed by atoms with Crippen molar-refractivity contribution in [3.8, 4) is 0 Å². The summed E-state index contributed by atoms with van der Waals surface area (Å²) in [5.74, 6) is 0. The molecule has 0 aliphatic rings. The largest absolute Gasteiger partial charge is 0.505 e. The van der Waals surface area contributed by atoms with Gasteiger partial charge >= 0.3 is 6.30 Å². The minimum atomic E-state index is -4.88. The number of nitrogens with zero attached hydrogens (tertiary/aromatic N) is 2. The maximum atomic E-state index is 12.0. The quantitative estimate of drug-likeness (QED) is 0.716. The van der Waals surface area contributed by atoms with Gasteiger partial charge in [-0.05, 0) is 6.07 Å². The fourth-order valence-corrected chi connectivity index (χ4v) is 1.34. The van der Waals surface area contributed by atoms with Gasteiger partial charge in [-0.15, -0.1) is 13.2 Å². The van der Waals surface area contributed by atoms with Gasteiger partial charge in [-0.25, -0.2) is 13.6 Å². The second kappa shape index (κ2) is 2.70. The third kappa shape index (κ3) is 1.98. The van der Waals surface area contributed by atoms with Crippen LogP contribution >= 0.6 is 0 Å². The molecule has 0 bridgehead atoms. The number of halogens is 3. The number of hydrogen-bond acceptors (Lipinski definition) is 3. The maximum absolute atomic E-state index is 12.0. The Morgan fingerprint density at radius 1 is 1.46 bits per heavy atom. The summed E-state index contributed by atoms with van der Waals surface area (Å²) in [6.45, 7) is 0. The lowest BCUT2D eigenvalue weighted by Gasteiger charge is -2.08. The van der Waals surface area contributed by atoms with Gasteiger partial charge < -0.3 is 0 Å². The molecule has 0 aliphatic heterocycles. The van der Waals surface area contributed by atoms with Crippen LogP contribution < -0.4 is 5.14 Å². The summed E-state index contributed by atoms with van der Waals surface area (Å²) < 4.78 is 56.5. The van der Waals surface area contributed by atoms with Crippen LogP contribution in [-0.4, -0.2) is 18.2 Å². The zero-order chi connectivity index (χ0) is 10.3. The molecule has 0 saturated heterocycles. The predicted molar refractivity (Wildman–Crippen MR) is 34.9 cm³/mol. The van der Waals surface area contributed by atoms with Crippen LogP contribution in [0.4, 0.5) is 13.2 Å². The molecule has 0 spiro atoms. The van der Waals surface area contributed by atoms with Gasteiger partial charge in [-0.1, -0.05) is 0 Å². The Balaban J connectivity index is 3.35. The van der Waals surface area contributed by atoms with E-state index < -0.39 is 26.0 Å². The Kier molecular flexibility index (Phi) is 2.08. The molecule has 1 aromatic rings. The molecule has 9 heteroatoms. The van der Waals surface area contributed by atoms with Gasteiger partial charge in [0.2, 0.25) is 0 Å². The van der Waals surface area contributed by atoms with E-state index in [1.54, 1.807) is 0 Å². The number of aromatic nitrogens is 2. The normalized spacial score (nSPS) is 13.2. The highest BCUT2D eigenvalue weighted by Gasteiger charge is 2.36. The molecular weight excluding hydrogens is 211 g/mol. The summed E-state index contributed by atoms with van der Waals surface area (Å²) in [6.07, 6.45) is -4.18. The van der Waals surface area contributed by atoms with E-state index in [1.165, 1.54) is 0 Å². The van der Waals surface area contributed by atoms with Crippen molar-refractivity contribution in [2.75, 3.05) is 0 Å². The van der Waals surface area contributed by atoms with E-state index in [0.717, 1.165) is 0 Å². The van der Waals surface area contributed by atoms with Crippen LogP contribution in [-0.2, 0) is 16.3 Å². The van der Waals surface area contributed by atoms with Crippen LogP contribution in [0.1, 0.15) is 0 Å². The predicted octanol–water partition coefficient (Wildman–Crippen LogP) is 0.00680. The van der Waals surface area contributed by atoms with Gasteiger partial charge in [0, 0.05) is 0 Å². The molecule has 5 nitrogen and oxygen atoms in total. The SMILES string of the molecule is NS(=O)(=O)c1ccnn1C(F)(F)F. The first kappa shape index (κ1) is 9.99. The molecule has 1 rings (SSSR count). The molecule has 74 valence electrons. The standard InChI is InChI=1S/C4H4F3N3O2S/c5-4(6,7)10-3(1-2-9-10)13(8,11)12/h1-2H,(H2,8,11,12). The Bertz CT molecular complexity index is 407. The lowest BCUT2D eigenvalue weighted by Crippen LogP contribution is -2.25. The number of primary sulfonamides is 1. The van der Waals surface area contributed by atoms with Crippen molar-refractivity contribution in [1.29, 1.82) is 0 Å². The summed E-state index contributed by atoms with van der Waals surface area (Å²) in [5, 5.41) is 6.21. The van der Waals surface area contributed by atoms with Gasteiger partial charge in [-0.2, -0.15) is 9.78 Å². The van der Waals surface area contributed by atoms with Crippen LogP contribution in [0.25, 0.3) is 0 Å². The van der Waals surface area contributed by atoms with Crippen molar-refractivity contribution in [2.24, 2.45) is 5.14 Å². The van der Waals surface area contributed by atoms with Crippen LogP contribution in [0.2, 0.25) is 0 Å². The maximum Gasteiger partial charge on any atom is 0.505 e. The van der Waals surface area contributed by atoms with E-state index in [4.69, 9.17) is 0 Å². The van der Waals surface area contributed by atoms with Crippen LogP contribution in [0.15, 0.2) is 17.3 Å². The van der Waals surface area contributed by atoms with E-state index in [2.05, 4.69) is 10.2 Å². The second-order valence-electron chi connectivity index (χ2n) is 2.09. The molecule has 0 radical (unpaired) electrons. The highest BCUT2D eigenvalue weighted by atomic mass is 32.2. The van der Waals surface area contributed by atoms with E-state index in [1.807, 2.05) is 0 Å². The van der Waals surface area contributed by atoms with Gasteiger partial charge in [0.05, 0.1) is 6.20 Å². The van der Waals surface area contributed by atoms with Gasteiger partial charge in [0.15, 0.2) is 5.03 Å². The zero-order valence-electron chi connectivity index (χ0n) is 5.99. The lowest BCUT2D eigenvalue weighted by atomic mass is 10.7. The Labute approximate surface area is 71.0 Å². The van der Waals surface area contributed by atoms with Gasteiger partial charge in [0.25, 0.3) is 10.0 Å². The highest BCUT2D eigenvalue weighted by Crippen LogP contribution is 2.24. The number of alkyl halides is 3. The second-order valence-corrected chi connectivity index (χ2v) is 3.60. The van der Waals surface area contributed by atoms with Crippen molar-refractivity contribution < 1.29 is 21.6 Å². The van der Waals surface area contributed by atoms with Gasteiger partial charge in [-0.3, -0.25) is 0 Å². The molecule has 0 aliphatic carbocycles. The van der Waals surface area contributed by atoms with E-state index in [-0.39, 0.29) is 0 Å². The fraction of sp³-hybridized carbons (Fsp3) is 0.250. The molecular formula is C4H4F3N3O2S. The average molecular weight is 215 g/mol. The van der Waals surface area contributed by atoms with Crippen LogP contribution in [0, 0.1) is 0 Å². The Morgan fingerprint density at radius 2 is 2.00 bits per heavy atom. The van der Waals surface area contributed by atoms with E-state index >= 15 is 0 Å². The summed E-state index contributed by atoms with van der Waals surface area (Å²) in [4.78, 5) is 0. The third-order valence-corrected chi connectivity index (χ3v) is 2.03. The van der Waals surface area contributed by atoms with Crippen LogP contribution in [0.3, 0.4) is 0 Å². The number of sulfonamides is 1. The molecule has 0 fully saturated rings. The molecule has 13 heavy (non-hydrogen) atoms. The van der Waals surface area contributed by atoms with E-state index in [9.17, 15) is 21.6 Å². The summed E-state index contributed by atoms with van der Waals surface area (Å²) in [6, 6.07) is 0.669. The number of nitrogens with two attached hydrogens (primary N) is 1. The molecule has 2 N–H and O–H groups in total. The summed E-state index contributed by atoms with van der Waals surface area (Å²) >= 11 is 0. The van der Waals surface area contributed by atoms with Crippen molar-refractivity contribution >= 4 is 10.0 Å². The first-order valence-corrected chi connectivity index (χ1v) is 4.41. The molecule has 0 atom stereocenters. The van der Waals surface area contributed by atoms with Crippen molar-refractivity contribution in [2.45, 2.75) is 11.3 Å². The molecule has 0 amide bonds. The number of hydrogen-bond donors (Lipinski definition) is 1. The number of rotatable bonds is 1. The molecule has 1 heterocycles. The monoisotopic (exact) mass is 215 g/mol. The lowest BCUT2D eigenvalue weighted by molar-refractivity contribution is -0.218. The average Bonchev–Trinajstić information content (AvgIpc) is 2.27. The minimum absolute atomic E-state index is 0.609. The molecule has 0 unspecified atom stereocenters. The summed E-state index contributed by atoms with van der Waals surface area (Å²) in [5.41, 5.74) is 0. The van der Waals surface area contributed by atoms with Crippen LogP contribution in [0.5, 0.6) is 0 Å². The van der Waals surface area contributed by atoms with Crippen molar-refractivity contribution in [3.63, 3.8) is 0 Å². The molecule has 1 aromatic heterocycles. The molecule has 0 aromatic carbocycles. The zero-order valence-corrected chi connectivity index (χ0v) is 6.80. The molecule has 0 saturated carbocycles. The summed E-state index contributed by atoms with van der Waals surface area (Å²) in [7, 11) is -4.39. The minimum Gasteiger partial charge on any atom is -0.223 e. The van der Waals surface area contributed by atoms with E-state index in [0.29, 0.717) is 12.3 Å². The van der Waals surface area contributed by atoms with Gasteiger partial charge in [0.1, 0.15) is 0 Å². The smallest absolute Gasteiger partial charge is 0.223 e. The Morgan fingerprint density at radius 3 is 2.31 bits per heavy atom. The topological polar surface area (TPSA) is 78.0 Å². The highest BCUT2D eigenvalue weighted by molar-refractivity contribution is 7.89. The van der Waals surface area contributed by atoms with Crippen molar-refractivity contribution in [3.05, 3.63) is 12.3 Å². The fourth-order valence-electron chi connectivity index (χ4n) is 0.697. The Hall–Kier alpha value is -1.09.